The van der Waals surface area contributed by atoms with Crippen molar-refractivity contribution < 1.29 is 19.2 Å². The second kappa shape index (κ2) is 13.7. The Kier molecular flexibility index (Phi) is 10.4. The molecule has 0 aromatic heterocycles. The fraction of sp³-hybridized carbons (Fsp3) is 0.250. The number of rotatable bonds is 10. The number of thioether (sulfide) groups is 1. The van der Waals surface area contributed by atoms with Gasteiger partial charge < -0.3 is 19.7 Å². The molecule has 0 atom stereocenters. The largest absolute Gasteiger partial charge is 0.489 e. The highest BCUT2D eigenvalue weighted by atomic mass is 35.5. The molecule has 0 heterocycles. The minimum Gasteiger partial charge on any atom is -0.489 e. The lowest BCUT2D eigenvalue weighted by molar-refractivity contribution is -0.114. The number of likely N-dealkylation sites (N-methyl/N-ethyl adjacent to an activating group) is 1. The summed E-state index contributed by atoms with van der Waals surface area (Å²) in [7, 11) is 2.96. The first-order valence-corrected chi connectivity index (χ1v) is 12.9. The number of ether oxygens (including phenoxy) is 1. The van der Waals surface area contributed by atoms with Crippen molar-refractivity contribution in [2.45, 2.75) is 32.3 Å². The van der Waals surface area contributed by atoms with Gasteiger partial charge in [-0.15, -0.1) is 0 Å². The number of nitrogens with one attached hydrogen (secondary N) is 1. The fourth-order valence-corrected chi connectivity index (χ4v) is 4.53. The van der Waals surface area contributed by atoms with Crippen LogP contribution in [0.1, 0.15) is 34.7 Å². The molecule has 3 aromatic carbocycles. The van der Waals surface area contributed by atoms with Crippen LogP contribution in [0.5, 0.6) is 5.75 Å². The summed E-state index contributed by atoms with van der Waals surface area (Å²) in [6.45, 7) is 6.60. The molecule has 1 N–H and O–H groups in total. The normalized spacial score (nSPS) is 11.7. The van der Waals surface area contributed by atoms with Crippen LogP contribution in [-0.4, -0.2) is 37.4 Å². The van der Waals surface area contributed by atoms with E-state index in [9.17, 15) is 4.79 Å². The van der Waals surface area contributed by atoms with Crippen molar-refractivity contribution in [2.24, 2.45) is 10.3 Å². The van der Waals surface area contributed by atoms with Gasteiger partial charge in [-0.05, 0) is 73.9 Å². The van der Waals surface area contributed by atoms with Crippen LogP contribution in [0.3, 0.4) is 0 Å². The first-order chi connectivity index (χ1) is 17.9. The summed E-state index contributed by atoms with van der Waals surface area (Å²) in [5, 5.41) is 12.3. The van der Waals surface area contributed by atoms with Crippen LogP contribution < -0.4 is 10.1 Å². The Bertz CT molecular complexity index is 1290. The maximum atomic E-state index is 12.4. The molecule has 37 heavy (non-hydrogen) atoms. The van der Waals surface area contributed by atoms with E-state index < -0.39 is 0 Å². The number of aryl methyl sites for hydroxylation is 2. The van der Waals surface area contributed by atoms with Gasteiger partial charge in [0.2, 0.25) is 0 Å². The molecule has 0 radical (unpaired) electrons. The zero-order valence-corrected chi connectivity index (χ0v) is 23.1. The van der Waals surface area contributed by atoms with Gasteiger partial charge in [0.05, 0.1) is 0 Å². The predicted molar refractivity (Wildman–Crippen MR) is 150 cm³/mol. The van der Waals surface area contributed by atoms with Gasteiger partial charge in [-0.1, -0.05) is 57.9 Å². The van der Waals surface area contributed by atoms with Crippen molar-refractivity contribution in [1.82, 2.24) is 5.32 Å². The summed E-state index contributed by atoms with van der Waals surface area (Å²) >= 11 is 7.55. The minimum atomic E-state index is -0.343. The third-order valence-corrected chi connectivity index (χ3v) is 6.59. The number of amides is 1. The number of hydrogen-bond donors (Lipinski definition) is 1. The molecule has 0 aliphatic carbocycles. The van der Waals surface area contributed by atoms with Crippen LogP contribution in [0.15, 0.2) is 75.9 Å². The van der Waals surface area contributed by atoms with E-state index in [1.165, 1.54) is 18.9 Å². The summed E-state index contributed by atoms with van der Waals surface area (Å²) in [4.78, 5) is 23.7. The Hall–Kier alpha value is -3.49. The van der Waals surface area contributed by atoms with E-state index in [1.54, 1.807) is 7.05 Å². The molecule has 0 unspecified atom stereocenters. The first-order valence-electron chi connectivity index (χ1n) is 11.7. The number of carbonyl (C=O) groups excluding carboxylic acids is 1. The van der Waals surface area contributed by atoms with Crippen LogP contribution in [0.2, 0.25) is 5.02 Å². The molecule has 3 rings (SSSR count). The van der Waals surface area contributed by atoms with E-state index in [1.807, 2.05) is 81.4 Å². The summed E-state index contributed by atoms with van der Waals surface area (Å²) in [6, 6.07) is 19.1. The highest BCUT2D eigenvalue weighted by Gasteiger charge is 2.18. The third kappa shape index (κ3) is 7.50. The summed E-state index contributed by atoms with van der Waals surface area (Å²) < 4.78 is 6.21. The minimum absolute atomic E-state index is 0.184. The maximum absolute atomic E-state index is 12.4. The highest BCUT2D eigenvalue weighted by molar-refractivity contribution is 8.14. The van der Waals surface area contributed by atoms with Crippen molar-refractivity contribution in [1.29, 1.82) is 0 Å². The molecular weight excluding hydrogens is 510 g/mol. The van der Waals surface area contributed by atoms with Crippen LogP contribution >= 0.6 is 23.4 Å². The topological polar surface area (TPSA) is 81.5 Å². The summed E-state index contributed by atoms with van der Waals surface area (Å²) in [5.41, 5.74) is 4.51. The SMILES string of the molecule is CCON=C(Sc1ccc(Cl)cc1)c1cc(C)c(OCc2ccccc2C(=NOC)C(=O)NC)cc1C. The number of carbonyl (C=O) groups is 1. The lowest BCUT2D eigenvalue weighted by atomic mass is 10.0. The second-order valence-corrected chi connectivity index (χ2v) is 9.45. The fourth-order valence-electron chi connectivity index (χ4n) is 3.49. The monoisotopic (exact) mass is 539 g/mol. The molecule has 0 saturated carbocycles. The van der Waals surface area contributed by atoms with Gasteiger partial charge in [-0.2, -0.15) is 0 Å². The van der Waals surface area contributed by atoms with E-state index in [0.29, 0.717) is 17.2 Å². The molecule has 3 aromatic rings. The van der Waals surface area contributed by atoms with Gasteiger partial charge in [0, 0.05) is 28.1 Å². The van der Waals surface area contributed by atoms with Crippen molar-refractivity contribution >= 4 is 40.0 Å². The Morgan fingerprint density at radius 1 is 1.00 bits per heavy atom. The van der Waals surface area contributed by atoms with Crippen molar-refractivity contribution in [3.05, 3.63) is 93.5 Å². The molecule has 0 aliphatic rings. The molecule has 7 nitrogen and oxygen atoms in total. The zero-order chi connectivity index (χ0) is 26.8. The number of halogens is 1. The quantitative estimate of drug-likeness (QED) is 0.145. The summed E-state index contributed by atoms with van der Waals surface area (Å²) in [5.74, 6) is 0.387. The molecule has 9 heteroatoms. The standard InChI is InChI=1S/C28H30ClN3O4S/c1-6-36-32-28(37-22-13-11-21(29)12-14-22)24-15-19(3)25(16-18(24)2)35-17-20-9-7-8-10-23(20)26(31-34-5)27(33)30-4/h7-16H,6,17H2,1-5H3,(H,30,33). The highest BCUT2D eigenvalue weighted by Crippen LogP contribution is 2.31. The zero-order valence-electron chi connectivity index (χ0n) is 21.5. The van der Waals surface area contributed by atoms with Gasteiger partial charge in [0.25, 0.3) is 5.91 Å². The maximum Gasteiger partial charge on any atom is 0.273 e. The predicted octanol–water partition coefficient (Wildman–Crippen LogP) is 6.12. The Labute approximate surface area is 226 Å². The Morgan fingerprint density at radius 3 is 2.41 bits per heavy atom. The van der Waals surface area contributed by atoms with E-state index in [-0.39, 0.29) is 18.2 Å². The first kappa shape index (κ1) is 28.1. The van der Waals surface area contributed by atoms with Gasteiger partial charge >= 0.3 is 0 Å². The second-order valence-electron chi connectivity index (χ2n) is 7.95. The molecule has 0 bridgehead atoms. The van der Waals surface area contributed by atoms with E-state index in [0.717, 1.165) is 37.9 Å². The number of benzene rings is 3. The van der Waals surface area contributed by atoms with Crippen LogP contribution in [0.4, 0.5) is 0 Å². The average Bonchev–Trinajstić information content (AvgIpc) is 2.91. The molecule has 0 fully saturated rings. The van der Waals surface area contributed by atoms with Crippen LogP contribution in [0.25, 0.3) is 0 Å². The number of oxime groups is 2. The van der Waals surface area contributed by atoms with Crippen LogP contribution in [-0.2, 0) is 21.1 Å². The van der Waals surface area contributed by atoms with Crippen molar-refractivity contribution in [3.8, 4) is 5.75 Å². The molecule has 0 saturated heterocycles. The Morgan fingerprint density at radius 2 is 1.73 bits per heavy atom. The molecular formula is C28H30ClN3O4S. The van der Waals surface area contributed by atoms with E-state index in [2.05, 4.69) is 15.6 Å². The molecule has 0 spiro atoms. The van der Waals surface area contributed by atoms with Gasteiger partial charge in [0.1, 0.15) is 31.1 Å². The molecule has 1 amide bonds. The van der Waals surface area contributed by atoms with Gasteiger partial charge in [0.15, 0.2) is 5.71 Å². The van der Waals surface area contributed by atoms with Crippen LogP contribution in [0, 0.1) is 13.8 Å². The average molecular weight is 540 g/mol. The van der Waals surface area contributed by atoms with Crippen molar-refractivity contribution in [2.75, 3.05) is 20.8 Å². The smallest absolute Gasteiger partial charge is 0.273 e. The lowest BCUT2D eigenvalue weighted by Crippen LogP contribution is -2.29. The van der Waals surface area contributed by atoms with E-state index in [4.69, 9.17) is 26.0 Å². The molecule has 194 valence electrons. The van der Waals surface area contributed by atoms with Crippen molar-refractivity contribution in [3.63, 3.8) is 0 Å². The van der Waals surface area contributed by atoms with E-state index >= 15 is 0 Å². The Balaban J connectivity index is 1.87. The van der Waals surface area contributed by atoms with Gasteiger partial charge in [-0.3, -0.25) is 4.79 Å². The number of nitrogens with zero attached hydrogens (tertiary/aromatic N) is 2. The number of hydrogen-bond acceptors (Lipinski definition) is 7. The molecule has 0 aliphatic heterocycles. The van der Waals surface area contributed by atoms with Gasteiger partial charge in [-0.25, -0.2) is 0 Å². The third-order valence-electron chi connectivity index (χ3n) is 5.34. The lowest BCUT2D eigenvalue weighted by Gasteiger charge is -2.16. The summed E-state index contributed by atoms with van der Waals surface area (Å²) in [6.07, 6.45) is 0.